The number of nitrogens with one attached hydrogen (secondary N) is 1. The third-order valence-corrected chi connectivity index (χ3v) is 5.61. The van der Waals surface area contributed by atoms with Crippen LogP contribution < -0.4 is 5.32 Å². The van der Waals surface area contributed by atoms with Gasteiger partial charge in [-0.25, -0.2) is 0 Å². The largest absolute Gasteiger partial charge is 0.338 e. The molecule has 1 N–H and O–H groups in total. The molecular weight excluding hydrogens is 360 g/mol. The van der Waals surface area contributed by atoms with Crippen LogP contribution in [-0.4, -0.2) is 40.0 Å². The SMILES string of the molecule is CCCc1nnc(NC(=O)C2CCCN(C(=O)c3cc(C)cc(C)c3)C2)s1. The molecule has 2 heterocycles. The number of carbonyl (C=O) groups is 2. The van der Waals surface area contributed by atoms with E-state index in [1.54, 1.807) is 4.90 Å². The number of aryl methyl sites for hydroxylation is 3. The van der Waals surface area contributed by atoms with E-state index in [0.29, 0.717) is 23.8 Å². The third kappa shape index (κ3) is 4.91. The van der Waals surface area contributed by atoms with Gasteiger partial charge in [0.05, 0.1) is 5.92 Å². The van der Waals surface area contributed by atoms with Crippen molar-refractivity contribution in [1.29, 1.82) is 0 Å². The van der Waals surface area contributed by atoms with E-state index in [4.69, 9.17) is 0 Å². The fourth-order valence-corrected chi connectivity index (χ4v) is 4.33. The molecule has 0 saturated carbocycles. The second-order valence-electron chi connectivity index (χ2n) is 7.21. The highest BCUT2D eigenvalue weighted by Crippen LogP contribution is 2.23. The van der Waals surface area contributed by atoms with Crippen LogP contribution in [0.4, 0.5) is 5.13 Å². The molecule has 27 heavy (non-hydrogen) atoms. The minimum absolute atomic E-state index is 0.000414. The van der Waals surface area contributed by atoms with E-state index in [1.165, 1.54) is 11.3 Å². The summed E-state index contributed by atoms with van der Waals surface area (Å²) in [5, 5.41) is 12.5. The Hall–Kier alpha value is -2.28. The van der Waals surface area contributed by atoms with Crippen LogP contribution >= 0.6 is 11.3 Å². The van der Waals surface area contributed by atoms with Crippen molar-refractivity contribution in [2.75, 3.05) is 18.4 Å². The predicted molar refractivity (Wildman–Crippen MR) is 107 cm³/mol. The lowest BCUT2D eigenvalue weighted by Crippen LogP contribution is -2.43. The predicted octanol–water partition coefficient (Wildman–Crippen LogP) is 3.60. The molecule has 1 saturated heterocycles. The summed E-state index contributed by atoms with van der Waals surface area (Å²) in [5.74, 6) is -0.292. The first kappa shape index (κ1) is 19.5. The Kier molecular flexibility index (Phi) is 6.21. The molecule has 1 aromatic heterocycles. The average Bonchev–Trinajstić information content (AvgIpc) is 3.07. The molecule has 1 fully saturated rings. The molecule has 0 aliphatic carbocycles. The quantitative estimate of drug-likeness (QED) is 0.852. The Morgan fingerprint density at radius 2 is 1.96 bits per heavy atom. The standard InChI is InChI=1S/C20H26N4O2S/c1-4-6-17-22-23-20(27-17)21-18(25)15-7-5-8-24(12-15)19(26)16-10-13(2)9-14(3)11-16/h9-11,15H,4-8,12H2,1-3H3,(H,21,23,25). The van der Waals surface area contributed by atoms with Crippen molar-refractivity contribution in [3.8, 4) is 0 Å². The van der Waals surface area contributed by atoms with Crippen LogP contribution in [0.1, 0.15) is 52.7 Å². The number of aromatic nitrogens is 2. The van der Waals surface area contributed by atoms with Crippen LogP contribution in [-0.2, 0) is 11.2 Å². The van der Waals surface area contributed by atoms with Gasteiger partial charge in [-0.3, -0.25) is 9.59 Å². The molecule has 6 nitrogen and oxygen atoms in total. The molecule has 0 spiro atoms. The lowest BCUT2D eigenvalue weighted by molar-refractivity contribution is -0.121. The fourth-order valence-electron chi connectivity index (χ4n) is 3.48. The van der Waals surface area contributed by atoms with E-state index < -0.39 is 0 Å². The van der Waals surface area contributed by atoms with E-state index >= 15 is 0 Å². The number of hydrogen-bond donors (Lipinski definition) is 1. The van der Waals surface area contributed by atoms with Crippen molar-refractivity contribution in [1.82, 2.24) is 15.1 Å². The van der Waals surface area contributed by atoms with Crippen molar-refractivity contribution in [3.05, 3.63) is 39.9 Å². The summed E-state index contributed by atoms with van der Waals surface area (Å²) in [6.45, 7) is 7.20. The summed E-state index contributed by atoms with van der Waals surface area (Å²) in [6, 6.07) is 5.88. The monoisotopic (exact) mass is 386 g/mol. The molecule has 144 valence electrons. The van der Waals surface area contributed by atoms with Gasteiger partial charge in [0.2, 0.25) is 11.0 Å². The Labute approximate surface area is 164 Å². The van der Waals surface area contributed by atoms with E-state index in [9.17, 15) is 9.59 Å². The number of nitrogens with zero attached hydrogens (tertiary/aromatic N) is 3. The summed E-state index contributed by atoms with van der Waals surface area (Å²) in [6.07, 6.45) is 3.48. The third-order valence-electron chi connectivity index (χ3n) is 4.71. The van der Waals surface area contributed by atoms with Crippen LogP contribution in [0.15, 0.2) is 18.2 Å². The van der Waals surface area contributed by atoms with Crippen LogP contribution in [0.5, 0.6) is 0 Å². The average molecular weight is 387 g/mol. The number of amides is 2. The Bertz CT molecular complexity index is 813. The molecule has 0 bridgehead atoms. The van der Waals surface area contributed by atoms with Crippen LogP contribution in [0, 0.1) is 19.8 Å². The summed E-state index contributed by atoms with van der Waals surface area (Å²) in [7, 11) is 0. The Morgan fingerprint density at radius 1 is 1.22 bits per heavy atom. The van der Waals surface area contributed by atoms with E-state index in [2.05, 4.69) is 28.5 Å². The maximum atomic E-state index is 12.9. The van der Waals surface area contributed by atoms with Gasteiger partial charge in [-0.15, -0.1) is 10.2 Å². The lowest BCUT2D eigenvalue weighted by Gasteiger charge is -2.32. The zero-order chi connectivity index (χ0) is 19.4. The van der Waals surface area contributed by atoms with Gasteiger partial charge >= 0.3 is 0 Å². The molecule has 1 aliphatic rings. The first-order chi connectivity index (χ1) is 13.0. The topological polar surface area (TPSA) is 75.2 Å². The maximum absolute atomic E-state index is 12.9. The van der Waals surface area contributed by atoms with Gasteiger partial charge in [0, 0.05) is 25.1 Å². The Morgan fingerprint density at radius 3 is 2.67 bits per heavy atom. The number of hydrogen-bond acceptors (Lipinski definition) is 5. The van der Waals surface area contributed by atoms with E-state index in [0.717, 1.165) is 41.8 Å². The minimum atomic E-state index is -0.216. The molecule has 2 amide bonds. The summed E-state index contributed by atoms with van der Waals surface area (Å²) in [4.78, 5) is 27.3. The molecule has 1 atom stereocenters. The summed E-state index contributed by atoms with van der Waals surface area (Å²) >= 11 is 1.42. The van der Waals surface area contributed by atoms with Crippen LogP contribution in [0.3, 0.4) is 0 Å². The minimum Gasteiger partial charge on any atom is -0.338 e. The molecular formula is C20H26N4O2S. The van der Waals surface area contributed by atoms with Gasteiger partial charge < -0.3 is 10.2 Å². The summed E-state index contributed by atoms with van der Waals surface area (Å²) < 4.78 is 0. The highest BCUT2D eigenvalue weighted by molar-refractivity contribution is 7.15. The van der Waals surface area contributed by atoms with Gasteiger partial charge in [0.25, 0.3) is 5.91 Å². The highest BCUT2D eigenvalue weighted by atomic mass is 32.1. The first-order valence-corrected chi connectivity index (χ1v) is 10.3. The maximum Gasteiger partial charge on any atom is 0.253 e. The van der Waals surface area contributed by atoms with E-state index in [-0.39, 0.29) is 17.7 Å². The molecule has 0 radical (unpaired) electrons. The van der Waals surface area contributed by atoms with Crippen molar-refractivity contribution < 1.29 is 9.59 Å². The normalized spacial score (nSPS) is 17.0. The molecule has 1 aliphatic heterocycles. The second-order valence-corrected chi connectivity index (χ2v) is 8.27. The van der Waals surface area contributed by atoms with Crippen LogP contribution in [0.2, 0.25) is 0 Å². The highest BCUT2D eigenvalue weighted by Gasteiger charge is 2.29. The number of likely N-dealkylation sites (tertiary alicyclic amines) is 1. The molecule has 2 aromatic rings. The smallest absolute Gasteiger partial charge is 0.253 e. The van der Waals surface area contributed by atoms with Crippen LogP contribution in [0.25, 0.3) is 0 Å². The molecule has 1 unspecified atom stereocenters. The lowest BCUT2D eigenvalue weighted by atomic mass is 9.96. The first-order valence-electron chi connectivity index (χ1n) is 9.47. The Balaban J connectivity index is 1.64. The molecule has 7 heteroatoms. The number of anilines is 1. The van der Waals surface area contributed by atoms with Crippen molar-refractivity contribution in [3.63, 3.8) is 0 Å². The number of rotatable bonds is 5. The van der Waals surface area contributed by atoms with Gasteiger partial charge in [0.15, 0.2) is 0 Å². The zero-order valence-electron chi connectivity index (χ0n) is 16.1. The summed E-state index contributed by atoms with van der Waals surface area (Å²) in [5.41, 5.74) is 2.84. The molecule has 3 rings (SSSR count). The van der Waals surface area contributed by atoms with Crippen molar-refractivity contribution in [2.45, 2.75) is 46.5 Å². The fraction of sp³-hybridized carbons (Fsp3) is 0.500. The van der Waals surface area contributed by atoms with Crippen molar-refractivity contribution >= 4 is 28.3 Å². The van der Waals surface area contributed by atoms with Gasteiger partial charge in [-0.1, -0.05) is 35.5 Å². The number of carbonyl (C=O) groups excluding carboxylic acids is 2. The van der Waals surface area contributed by atoms with Crippen molar-refractivity contribution in [2.24, 2.45) is 5.92 Å². The van der Waals surface area contributed by atoms with Gasteiger partial charge in [-0.2, -0.15) is 0 Å². The molecule has 1 aromatic carbocycles. The number of piperidine rings is 1. The van der Waals surface area contributed by atoms with Gasteiger partial charge in [-0.05, 0) is 45.2 Å². The van der Waals surface area contributed by atoms with Gasteiger partial charge in [0.1, 0.15) is 5.01 Å². The van der Waals surface area contributed by atoms with E-state index in [1.807, 2.05) is 26.0 Å². The second kappa shape index (κ2) is 8.61. The zero-order valence-corrected chi connectivity index (χ0v) is 16.9. The number of benzene rings is 1.